The van der Waals surface area contributed by atoms with Gasteiger partial charge in [-0.3, -0.25) is 19.5 Å². The summed E-state index contributed by atoms with van der Waals surface area (Å²) < 4.78 is 1.49. The van der Waals surface area contributed by atoms with Crippen LogP contribution in [-0.4, -0.2) is 33.3 Å². The van der Waals surface area contributed by atoms with E-state index in [9.17, 15) is 14.4 Å². The van der Waals surface area contributed by atoms with E-state index in [1.807, 2.05) is 13.8 Å². The number of imide groups is 1. The Morgan fingerprint density at radius 2 is 2.15 bits per heavy atom. The van der Waals surface area contributed by atoms with Gasteiger partial charge in [0, 0.05) is 18.0 Å². The number of aromatic nitrogens is 2. The molecule has 7 nitrogen and oxygen atoms in total. The standard InChI is InChI=1S/C17H22N4O3S2/c1-4-9(2)18-16(24)19-12(22)8-25-17-20-14-13(15(23)21(17)3)10-6-5-7-11(10)26-14/h9H,4-8H2,1-3H3,(H2,18,19,22,24)/t9-/m0/s1. The zero-order chi connectivity index (χ0) is 18.8. The van der Waals surface area contributed by atoms with Crippen LogP contribution in [0.15, 0.2) is 9.95 Å². The van der Waals surface area contributed by atoms with E-state index in [1.165, 1.54) is 9.44 Å². The van der Waals surface area contributed by atoms with Crippen LogP contribution in [0.2, 0.25) is 0 Å². The van der Waals surface area contributed by atoms with Crippen molar-refractivity contribution < 1.29 is 9.59 Å². The highest BCUT2D eigenvalue weighted by Crippen LogP contribution is 2.35. The number of urea groups is 1. The van der Waals surface area contributed by atoms with Gasteiger partial charge in [-0.2, -0.15) is 0 Å². The first-order valence-corrected chi connectivity index (χ1v) is 10.4. The molecule has 1 aliphatic carbocycles. The molecule has 1 aliphatic rings. The molecule has 2 N–H and O–H groups in total. The van der Waals surface area contributed by atoms with Crippen LogP contribution in [0.1, 0.15) is 37.1 Å². The first-order valence-electron chi connectivity index (χ1n) is 8.65. The van der Waals surface area contributed by atoms with Gasteiger partial charge in [0.2, 0.25) is 5.91 Å². The van der Waals surface area contributed by atoms with Gasteiger partial charge in [0.15, 0.2) is 5.16 Å². The van der Waals surface area contributed by atoms with Crippen LogP contribution < -0.4 is 16.2 Å². The molecule has 9 heteroatoms. The molecular formula is C17H22N4O3S2. The molecule has 0 saturated carbocycles. The summed E-state index contributed by atoms with van der Waals surface area (Å²) in [4.78, 5) is 42.9. The Morgan fingerprint density at radius 1 is 1.38 bits per heavy atom. The van der Waals surface area contributed by atoms with Gasteiger partial charge in [-0.05, 0) is 38.2 Å². The van der Waals surface area contributed by atoms with Gasteiger partial charge in [0.25, 0.3) is 5.56 Å². The lowest BCUT2D eigenvalue weighted by Gasteiger charge is -2.12. The molecule has 0 aliphatic heterocycles. The topological polar surface area (TPSA) is 93.1 Å². The minimum Gasteiger partial charge on any atom is -0.335 e. The third-order valence-electron chi connectivity index (χ3n) is 4.48. The largest absolute Gasteiger partial charge is 0.335 e. The second-order valence-corrected chi connectivity index (χ2v) is 8.44. The minimum absolute atomic E-state index is 0.00104. The predicted octanol–water partition coefficient (Wildman–Crippen LogP) is 2.20. The smallest absolute Gasteiger partial charge is 0.321 e. The van der Waals surface area contributed by atoms with E-state index in [0.29, 0.717) is 5.16 Å². The van der Waals surface area contributed by atoms with Gasteiger partial charge < -0.3 is 5.32 Å². The highest BCUT2D eigenvalue weighted by Gasteiger charge is 2.22. The second kappa shape index (κ2) is 7.79. The normalized spacial score (nSPS) is 14.3. The molecule has 0 saturated heterocycles. The number of hydrogen-bond acceptors (Lipinski definition) is 6. The second-order valence-electron chi connectivity index (χ2n) is 6.42. The molecule has 3 amide bonds. The lowest BCUT2D eigenvalue weighted by molar-refractivity contribution is -0.117. The van der Waals surface area contributed by atoms with Gasteiger partial charge >= 0.3 is 6.03 Å². The van der Waals surface area contributed by atoms with Crippen molar-refractivity contribution >= 4 is 45.3 Å². The Balaban J connectivity index is 1.70. The maximum Gasteiger partial charge on any atom is 0.321 e. The third-order valence-corrected chi connectivity index (χ3v) is 6.70. The summed E-state index contributed by atoms with van der Waals surface area (Å²) in [6.45, 7) is 3.82. The number of fused-ring (bicyclic) bond motifs is 3. The number of hydrogen-bond donors (Lipinski definition) is 2. The summed E-state index contributed by atoms with van der Waals surface area (Å²) in [6.07, 6.45) is 3.82. The number of nitrogens with zero attached hydrogens (tertiary/aromatic N) is 2. The number of amides is 3. The molecule has 3 rings (SSSR count). The van der Waals surface area contributed by atoms with Crippen molar-refractivity contribution in [2.75, 3.05) is 5.75 Å². The number of carbonyl (C=O) groups is 2. The van der Waals surface area contributed by atoms with Crippen molar-refractivity contribution in [3.63, 3.8) is 0 Å². The first-order chi connectivity index (χ1) is 12.4. The molecular weight excluding hydrogens is 372 g/mol. The zero-order valence-corrected chi connectivity index (χ0v) is 16.7. The third kappa shape index (κ3) is 3.78. The molecule has 0 aromatic carbocycles. The summed E-state index contributed by atoms with van der Waals surface area (Å²) in [7, 11) is 1.67. The van der Waals surface area contributed by atoms with Crippen molar-refractivity contribution in [1.82, 2.24) is 20.2 Å². The molecule has 26 heavy (non-hydrogen) atoms. The van der Waals surface area contributed by atoms with Gasteiger partial charge in [0.05, 0.1) is 11.1 Å². The highest BCUT2D eigenvalue weighted by atomic mass is 32.2. The lowest BCUT2D eigenvalue weighted by Crippen LogP contribution is -2.43. The summed E-state index contributed by atoms with van der Waals surface area (Å²) in [5.74, 6) is -0.399. The summed E-state index contributed by atoms with van der Waals surface area (Å²) in [5.41, 5.74) is 1.08. The van der Waals surface area contributed by atoms with Gasteiger partial charge in [-0.15, -0.1) is 11.3 Å². The van der Waals surface area contributed by atoms with Crippen LogP contribution in [0.25, 0.3) is 10.2 Å². The van der Waals surface area contributed by atoms with Crippen LogP contribution in [-0.2, 0) is 24.7 Å². The fraction of sp³-hybridized carbons (Fsp3) is 0.529. The number of rotatable bonds is 5. The summed E-state index contributed by atoms with van der Waals surface area (Å²) in [5, 5.41) is 6.19. The molecule has 0 fully saturated rings. The van der Waals surface area contributed by atoms with Crippen molar-refractivity contribution in [2.24, 2.45) is 7.05 Å². The average molecular weight is 395 g/mol. The van der Waals surface area contributed by atoms with Crippen LogP contribution in [0.4, 0.5) is 4.79 Å². The fourth-order valence-corrected chi connectivity index (χ4v) is 4.96. The Bertz CT molecular complexity index is 919. The SMILES string of the molecule is CC[C@H](C)NC(=O)NC(=O)CSc1nc2sc3c(c2c(=O)n1C)CCC3. The monoisotopic (exact) mass is 394 g/mol. The predicted molar refractivity (Wildman–Crippen MR) is 104 cm³/mol. The van der Waals surface area contributed by atoms with Crippen LogP contribution in [0.3, 0.4) is 0 Å². The Morgan fingerprint density at radius 3 is 2.88 bits per heavy atom. The summed E-state index contributed by atoms with van der Waals surface area (Å²) >= 11 is 2.73. The average Bonchev–Trinajstić information content (AvgIpc) is 3.17. The van der Waals surface area contributed by atoms with Crippen LogP contribution in [0, 0.1) is 0 Å². The number of aryl methyl sites for hydroxylation is 2. The molecule has 1 atom stereocenters. The molecule has 0 unspecified atom stereocenters. The van der Waals surface area contributed by atoms with Gasteiger partial charge in [0.1, 0.15) is 4.83 Å². The maximum atomic E-state index is 12.7. The molecule has 140 valence electrons. The molecule has 0 radical (unpaired) electrons. The van der Waals surface area contributed by atoms with E-state index in [4.69, 9.17) is 0 Å². The first kappa shape index (κ1) is 18.9. The molecule has 2 heterocycles. The molecule has 2 aromatic heterocycles. The molecule has 2 aromatic rings. The maximum absolute atomic E-state index is 12.7. The Labute approximate surface area is 159 Å². The lowest BCUT2D eigenvalue weighted by atomic mass is 10.2. The highest BCUT2D eigenvalue weighted by molar-refractivity contribution is 7.99. The van der Waals surface area contributed by atoms with Crippen molar-refractivity contribution in [1.29, 1.82) is 0 Å². The Hall–Kier alpha value is -1.87. The zero-order valence-electron chi connectivity index (χ0n) is 15.0. The quantitative estimate of drug-likeness (QED) is 0.599. The molecule has 0 bridgehead atoms. The number of thiophene rings is 1. The van der Waals surface area contributed by atoms with E-state index < -0.39 is 11.9 Å². The number of thioether (sulfide) groups is 1. The van der Waals surface area contributed by atoms with Crippen molar-refractivity contribution in [3.05, 3.63) is 20.8 Å². The van der Waals surface area contributed by atoms with Gasteiger partial charge in [-0.1, -0.05) is 18.7 Å². The number of carbonyl (C=O) groups excluding carboxylic acids is 2. The minimum atomic E-state index is -0.503. The summed E-state index contributed by atoms with van der Waals surface area (Å²) in [6, 6.07) is -0.502. The molecule has 0 spiro atoms. The van der Waals surface area contributed by atoms with E-state index in [2.05, 4.69) is 15.6 Å². The van der Waals surface area contributed by atoms with Crippen molar-refractivity contribution in [2.45, 2.75) is 50.7 Å². The van der Waals surface area contributed by atoms with E-state index in [-0.39, 0.29) is 17.4 Å². The Kier molecular flexibility index (Phi) is 5.67. The van der Waals surface area contributed by atoms with E-state index in [0.717, 1.165) is 53.2 Å². The van der Waals surface area contributed by atoms with Gasteiger partial charge in [-0.25, -0.2) is 9.78 Å². The van der Waals surface area contributed by atoms with Crippen LogP contribution in [0.5, 0.6) is 0 Å². The van der Waals surface area contributed by atoms with E-state index >= 15 is 0 Å². The fourth-order valence-electron chi connectivity index (χ4n) is 2.89. The van der Waals surface area contributed by atoms with Crippen molar-refractivity contribution in [3.8, 4) is 0 Å². The number of nitrogens with one attached hydrogen (secondary N) is 2. The van der Waals surface area contributed by atoms with Crippen LogP contribution >= 0.6 is 23.1 Å². The van der Waals surface area contributed by atoms with E-state index in [1.54, 1.807) is 18.4 Å².